The Morgan fingerprint density at radius 2 is 1.91 bits per heavy atom. The largest absolute Gasteiger partial charge is 0.362 e. The molecular weight excluding hydrogens is 442 g/mol. The molecule has 0 saturated carbocycles. The Labute approximate surface area is 194 Å². The summed E-state index contributed by atoms with van der Waals surface area (Å²) in [6.45, 7) is 2.09. The third kappa shape index (κ3) is 4.22. The number of nitro groups is 1. The van der Waals surface area contributed by atoms with Gasteiger partial charge in [0.15, 0.2) is 0 Å². The van der Waals surface area contributed by atoms with Crippen LogP contribution in [0.15, 0.2) is 29.1 Å². The van der Waals surface area contributed by atoms with Gasteiger partial charge in [-0.15, -0.1) is 11.3 Å². The molecule has 1 N–H and O–H groups in total. The first-order valence-corrected chi connectivity index (χ1v) is 12.1. The van der Waals surface area contributed by atoms with Crippen molar-refractivity contribution in [1.29, 1.82) is 0 Å². The van der Waals surface area contributed by atoms with Gasteiger partial charge in [-0.3, -0.25) is 19.7 Å². The maximum Gasteiger partial charge on any atom is 0.292 e. The van der Waals surface area contributed by atoms with Crippen LogP contribution in [0.1, 0.15) is 35.5 Å². The Hall–Kier alpha value is -3.27. The number of carbonyl (C=O) groups excluding carboxylic acids is 1. The number of aryl methyl sites for hydroxylation is 3. The number of nitrogens with one attached hydrogen (secondary N) is 1. The second kappa shape index (κ2) is 8.93. The standard InChI is InChI=1S/C23H25N5O4S/c29-20(27-13-11-26(12-14-27)16-6-2-3-7-17(16)28(31)32)10-9-19-24-22(30)21-15-5-1-4-8-18(15)33-23(21)25-19/h2-3,6-7H,1,4-5,8-14H2,(H,24,25,30). The van der Waals surface area contributed by atoms with E-state index in [9.17, 15) is 19.7 Å². The van der Waals surface area contributed by atoms with Crippen LogP contribution in [-0.2, 0) is 24.1 Å². The number of nitrogens with zero attached hydrogens (tertiary/aromatic N) is 4. The van der Waals surface area contributed by atoms with E-state index in [1.165, 1.54) is 10.9 Å². The number of H-pyrrole nitrogens is 1. The van der Waals surface area contributed by atoms with Crippen LogP contribution < -0.4 is 10.5 Å². The molecule has 0 radical (unpaired) electrons. The topological polar surface area (TPSA) is 112 Å². The van der Waals surface area contributed by atoms with Crippen molar-refractivity contribution < 1.29 is 9.72 Å². The van der Waals surface area contributed by atoms with E-state index in [4.69, 9.17) is 0 Å². The number of hydrogen-bond donors (Lipinski definition) is 1. The summed E-state index contributed by atoms with van der Waals surface area (Å²) >= 11 is 1.61. The molecule has 9 nitrogen and oxygen atoms in total. The van der Waals surface area contributed by atoms with Crippen molar-refractivity contribution in [3.05, 3.63) is 61.0 Å². The zero-order valence-corrected chi connectivity index (χ0v) is 19.0. The predicted molar refractivity (Wildman–Crippen MR) is 127 cm³/mol. The lowest BCUT2D eigenvalue weighted by Crippen LogP contribution is -2.49. The zero-order valence-electron chi connectivity index (χ0n) is 18.2. The maximum absolute atomic E-state index is 12.8. The second-order valence-corrected chi connectivity index (χ2v) is 9.60. The van der Waals surface area contributed by atoms with E-state index in [-0.39, 0.29) is 28.5 Å². The molecule has 33 heavy (non-hydrogen) atoms. The van der Waals surface area contributed by atoms with Crippen LogP contribution in [0.2, 0.25) is 0 Å². The van der Waals surface area contributed by atoms with Crippen LogP contribution in [0.4, 0.5) is 11.4 Å². The van der Waals surface area contributed by atoms with Crippen molar-refractivity contribution in [3.8, 4) is 0 Å². The normalized spacial score (nSPS) is 16.1. The number of para-hydroxylation sites is 2. The molecule has 3 aromatic rings. The number of rotatable bonds is 5. The van der Waals surface area contributed by atoms with Crippen molar-refractivity contribution in [2.75, 3.05) is 31.1 Å². The fourth-order valence-corrected chi connectivity index (χ4v) is 6.07. The van der Waals surface area contributed by atoms with E-state index in [1.54, 1.807) is 34.4 Å². The lowest BCUT2D eigenvalue weighted by molar-refractivity contribution is -0.384. The summed E-state index contributed by atoms with van der Waals surface area (Å²) in [5.41, 5.74) is 1.73. The molecule has 2 aliphatic rings. The first-order chi connectivity index (χ1) is 16.0. The Balaban J connectivity index is 1.21. The van der Waals surface area contributed by atoms with Gasteiger partial charge in [-0.25, -0.2) is 4.98 Å². The molecule has 0 bridgehead atoms. The second-order valence-electron chi connectivity index (χ2n) is 8.52. The quantitative estimate of drug-likeness (QED) is 0.456. The molecule has 2 aromatic heterocycles. The van der Waals surface area contributed by atoms with Crippen LogP contribution in [0, 0.1) is 10.1 Å². The molecule has 0 atom stereocenters. The smallest absolute Gasteiger partial charge is 0.292 e. The minimum Gasteiger partial charge on any atom is -0.362 e. The van der Waals surface area contributed by atoms with Crippen LogP contribution in [0.3, 0.4) is 0 Å². The molecule has 3 heterocycles. The third-order valence-electron chi connectivity index (χ3n) is 6.50. The molecule has 1 saturated heterocycles. The van der Waals surface area contributed by atoms with Gasteiger partial charge in [0.05, 0.1) is 10.3 Å². The summed E-state index contributed by atoms with van der Waals surface area (Å²) < 4.78 is 0. The summed E-state index contributed by atoms with van der Waals surface area (Å²) in [4.78, 5) is 49.7. The van der Waals surface area contributed by atoms with Crippen LogP contribution in [-0.4, -0.2) is 51.9 Å². The zero-order chi connectivity index (χ0) is 22.9. The molecule has 1 aromatic carbocycles. The molecule has 1 aliphatic carbocycles. The summed E-state index contributed by atoms with van der Waals surface area (Å²) in [6, 6.07) is 6.69. The van der Waals surface area contributed by atoms with Gasteiger partial charge in [0.25, 0.3) is 11.2 Å². The van der Waals surface area contributed by atoms with Crippen molar-refractivity contribution in [2.24, 2.45) is 0 Å². The Kier molecular flexibility index (Phi) is 5.84. The predicted octanol–water partition coefficient (Wildman–Crippen LogP) is 3.05. The van der Waals surface area contributed by atoms with Gasteiger partial charge in [-0.05, 0) is 37.3 Å². The number of aromatic nitrogens is 2. The monoisotopic (exact) mass is 467 g/mol. The molecular formula is C23H25N5O4S. The molecule has 1 fully saturated rings. The van der Waals surface area contributed by atoms with Gasteiger partial charge >= 0.3 is 0 Å². The Morgan fingerprint density at radius 1 is 1.15 bits per heavy atom. The molecule has 172 valence electrons. The fourth-order valence-electron chi connectivity index (χ4n) is 4.79. The molecule has 5 rings (SSSR count). The highest BCUT2D eigenvalue weighted by Crippen LogP contribution is 2.33. The number of fused-ring (bicyclic) bond motifs is 3. The lowest BCUT2D eigenvalue weighted by atomic mass is 9.97. The van der Waals surface area contributed by atoms with Crippen molar-refractivity contribution in [3.63, 3.8) is 0 Å². The first-order valence-electron chi connectivity index (χ1n) is 11.3. The van der Waals surface area contributed by atoms with Crippen LogP contribution >= 0.6 is 11.3 Å². The van der Waals surface area contributed by atoms with E-state index in [1.807, 2.05) is 4.90 Å². The summed E-state index contributed by atoms with van der Waals surface area (Å²) in [5, 5.41) is 12.0. The summed E-state index contributed by atoms with van der Waals surface area (Å²) in [5.74, 6) is 0.559. The van der Waals surface area contributed by atoms with Crippen LogP contribution in [0.25, 0.3) is 10.2 Å². The van der Waals surface area contributed by atoms with Gasteiger partial charge in [0, 0.05) is 50.0 Å². The minimum absolute atomic E-state index is 0.00503. The molecule has 0 unspecified atom stereocenters. The number of hydrogen-bond acceptors (Lipinski definition) is 7. The summed E-state index contributed by atoms with van der Waals surface area (Å²) in [7, 11) is 0. The number of carbonyl (C=O) groups is 1. The SMILES string of the molecule is O=C(CCc1nc2sc3c(c2c(=O)[nH]1)CCCC3)N1CCN(c2ccccc2[N+](=O)[O-])CC1. The molecule has 1 amide bonds. The maximum atomic E-state index is 12.8. The van der Waals surface area contributed by atoms with E-state index in [2.05, 4.69) is 9.97 Å². The number of benzene rings is 1. The van der Waals surface area contributed by atoms with E-state index in [0.717, 1.165) is 41.5 Å². The highest BCUT2D eigenvalue weighted by Gasteiger charge is 2.26. The van der Waals surface area contributed by atoms with Crippen molar-refractivity contribution >= 4 is 38.8 Å². The average molecular weight is 468 g/mol. The number of anilines is 1. The van der Waals surface area contributed by atoms with Crippen LogP contribution in [0.5, 0.6) is 0 Å². The van der Waals surface area contributed by atoms with E-state index in [0.29, 0.717) is 44.1 Å². The number of piperazine rings is 1. The number of amides is 1. The van der Waals surface area contributed by atoms with Crippen molar-refractivity contribution in [2.45, 2.75) is 38.5 Å². The average Bonchev–Trinajstić information content (AvgIpc) is 3.21. The van der Waals surface area contributed by atoms with Gasteiger partial charge in [-0.1, -0.05) is 12.1 Å². The van der Waals surface area contributed by atoms with Gasteiger partial charge < -0.3 is 14.8 Å². The first kappa shape index (κ1) is 21.6. The highest BCUT2D eigenvalue weighted by atomic mass is 32.1. The third-order valence-corrected chi connectivity index (χ3v) is 7.69. The molecule has 1 aliphatic heterocycles. The number of nitro benzene ring substituents is 1. The van der Waals surface area contributed by atoms with E-state index < -0.39 is 0 Å². The number of aromatic amines is 1. The Bertz CT molecular complexity index is 1280. The number of thiophene rings is 1. The minimum atomic E-state index is -0.374. The summed E-state index contributed by atoms with van der Waals surface area (Å²) in [6.07, 6.45) is 4.88. The molecule has 10 heteroatoms. The highest BCUT2D eigenvalue weighted by molar-refractivity contribution is 7.18. The van der Waals surface area contributed by atoms with Crippen molar-refractivity contribution in [1.82, 2.24) is 14.9 Å². The Morgan fingerprint density at radius 3 is 2.70 bits per heavy atom. The van der Waals surface area contributed by atoms with Gasteiger partial charge in [0.1, 0.15) is 16.3 Å². The molecule has 0 spiro atoms. The lowest BCUT2D eigenvalue weighted by Gasteiger charge is -2.35. The fraction of sp³-hybridized carbons (Fsp3) is 0.435. The van der Waals surface area contributed by atoms with Gasteiger partial charge in [-0.2, -0.15) is 0 Å². The van der Waals surface area contributed by atoms with Gasteiger partial charge in [0.2, 0.25) is 5.91 Å². The van der Waals surface area contributed by atoms with E-state index >= 15 is 0 Å².